The summed E-state index contributed by atoms with van der Waals surface area (Å²) >= 11 is 0. The zero-order chi connectivity index (χ0) is 26.0. The van der Waals surface area contributed by atoms with Crippen molar-refractivity contribution >= 4 is 17.1 Å². The van der Waals surface area contributed by atoms with Crippen molar-refractivity contribution in [2.45, 2.75) is 19.3 Å². The van der Waals surface area contributed by atoms with Crippen LogP contribution >= 0.6 is 0 Å². The highest BCUT2D eigenvalue weighted by Crippen LogP contribution is 2.64. The average Bonchev–Trinajstić information content (AvgIpc) is 3.23. The molecule has 1 heterocycles. The van der Waals surface area contributed by atoms with Gasteiger partial charge >= 0.3 is 0 Å². The highest BCUT2D eigenvalue weighted by atomic mass is 16.5. The molecule has 1 spiro atoms. The first-order chi connectivity index (χ1) is 18.6. The molecule has 0 bridgehead atoms. The average molecular weight is 496 g/mol. The van der Waals surface area contributed by atoms with Crippen LogP contribution in [0.25, 0.3) is 11.1 Å². The minimum absolute atomic E-state index is 0.499. The number of nitrogens with zero attached hydrogens (tertiary/aromatic N) is 1. The van der Waals surface area contributed by atoms with E-state index in [1.165, 1.54) is 50.2 Å². The summed E-state index contributed by atoms with van der Waals surface area (Å²) in [6.07, 6.45) is 0. The summed E-state index contributed by atoms with van der Waals surface area (Å²) in [5.74, 6) is 1.45. The van der Waals surface area contributed by atoms with Gasteiger partial charge in [-0.3, -0.25) is 0 Å². The molecule has 3 nitrogen and oxygen atoms in total. The second kappa shape index (κ2) is 8.26. The van der Waals surface area contributed by atoms with Gasteiger partial charge < -0.3 is 14.4 Å². The lowest BCUT2D eigenvalue weighted by Gasteiger charge is -2.45. The quantitative estimate of drug-likeness (QED) is 0.245. The van der Waals surface area contributed by atoms with Gasteiger partial charge in [0.25, 0.3) is 0 Å². The highest BCUT2D eigenvalue weighted by molar-refractivity contribution is 5.96. The fraction of sp³-hybridized carbons (Fsp3) is 0.143. The van der Waals surface area contributed by atoms with Crippen LogP contribution < -0.4 is 14.4 Å². The molecule has 0 aromatic heterocycles. The summed E-state index contributed by atoms with van der Waals surface area (Å²) in [6.45, 7) is 4.42. The molecule has 5 aromatic carbocycles. The lowest BCUT2D eigenvalue weighted by atomic mass is 9.64. The van der Waals surface area contributed by atoms with Crippen molar-refractivity contribution in [1.29, 1.82) is 0 Å². The van der Waals surface area contributed by atoms with Gasteiger partial charge in [0.1, 0.15) is 0 Å². The van der Waals surface area contributed by atoms with Gasteiger partial charge in [0.05, 0.1) is 31.0 Å². The van der Waals surface area contributed by atoms with Crippen LogP contribution in [0.1, 0.15) is 33.4 Å². The van der Waals surface area contributed by atoms with E-state index in [0.29, 0.717) is 5.75 Å². The van der Waals surface area contributed by atoms with Gasteiger partial charge in [0.15, 0.2) is 11.5 Å². The molecule has 0 saturated heterocycles. The second-order valence-corrected chi connectivity index (χ2v) is 10.2. The van der Waals surface area contributed by atoms with E-state index >= 15 is 0 Å². The Morgan fingerprint density at radius 1 is 0.526 bits per heavy atom. The van der Waals surface area contributed by atoms with Crippen LogP contribution in [0.4, 0.5) is 17.1 Å². The van der Waals surface area contributed by atoms with Gasteiger partial charge in [-0.1, -0.05) is 72.8 Å². The van der Waals surface area contributed by atoms with Crippen LogP contribution in [0.15, 0.2) is 103 Å². The van der Waals surface area contributed by atoms with E-state index in [2.05, 4.69) is 122 Å². The fourth-order valence-electron chi connectivity index (χ4n) is 6.59. The Morgan fingerprint density at radius 3 is 1.92 bits per heavy atom. The van der Waals surface area contributed by atoms with Crippen LogP contribution in [-0.2, 0) is 5.41 Å². The van der Waals surface area contributed by atoms with Crippen molar-refractivity contribution in [3.05, 3.63) is 137 Å². The van der Waals surface area contributed by atoms with Gasteiger partial charge in [0.2, 0.25) is 0 Å². The molecule has 38 heavy (non-hydrogen) atoms. The molecule has 7 rings (SSSR count). The molecule has 0 radical (unpaired) electrons. The van der Waals surface area contributed by atoms with Crippen LogP contribution in [0, 0.1) is 13.8 Å². The molecule has 5 aromatic rings. The van der Waals surface area contributed by atoms with Crippen molar-refractivity contribution in [1.82, 2.24) is 0 Å². The number of ether oxygens (including phenoxy) is 2. The van der Waals surface area contributed by atoms with E-state index in [0.717, 1.165) is 17.1 Å². The molecule has 0 N–H and O–H groups in total. The molecule has 1 unspecified atom stereocenters. The number of para-hydroxylation sites is 2. The topological polar surface area (TPSA) is 21.7 Å². The number of aryl methyl sites for hydroxylation is 2. The number of fused-ring (bicyclic) bond motifs is 9. The molecule has 1 aliphatic carbocycles. The summed E-state index contributed by atoms with van der Waals surface area (Å²) in [6, 6.07) is 37.4. The Bertz CT molecular complexity index is 1720. The van der Waals surface area contributed by atoms with Gasteiger partial charge in [-0.05, 0) is 82.6 Å². The Morgan fingerprint density at radius 2 is 1.16 bits per heavy atom. The molecule has 186 valence electrons. The minimum atomic E-state index is -0.499. The normalized spacial score (nSPS) is 16.5. The van der Waals surface area contributed by atoms with E-state index in [1.807, 2.05) is 0 Å². The van der Waals surface area contributed by atoms with Gasteiger partial charge in [-0.15, -0.1) is 0 Å². The lowest BCUT2D eigenvalue weighted by Crippen LogP contribution is -2.36. The van der Waals surface area contributed by atoms with Crippen LogP contribution in [0.2, 0.25) is 0 Å². The maximum Gasteiger partial charge on any atom is 0.162 e. The summed E-state index contributed by atoms with van der Waals surface area (Å²) in [7, 11) is 3.42. The second-order valence-electron chi connectivity index (χ2n) is 10.2. The predicted octanol–water partition coefficient (Wildman–Crippen LogP) is 8.47. The SMILES string of the molecule is COc1cc2c(cc1OC)C1(c3ccccc3-c3cc(C)c(C)cc31)c1ccccc1N2c1ccccc1. The molecular weight excluding hydrogens is 466 g/mol. The number of benzene rings is 5. The molecule has 0 amide bonds. The Labute approximate surface area is 223 Å². The molecule has 1 aliphatic heterocycles. The maximum absolute atomic E-state index is 5.91. The Hall–Kier alpha value is -4.50. The van der Waals surface area contributed by atoms with E-state index in [-0.39, 0.29) is 0 Å². The van der Waals surface area contributed by atoms with E-state index < -0.39 is 5.41 Å². The van der Waals surface area contributed by atoms with E-state index in [4.69, 9.17) is 9.47 Å². The lowest BCUT2D eigenvalue weighted by molar-refractivity contribution is 0.354. The number of hydrogen-bond acceptors (Lipinski definition) is 3. The fourth-order valence-corrected chi connectivity index (χ4v) is 6.59. The van der Waals surface area contributed by atoms with Gasteiger partial charge in [-0.25, -0.2) is 0 Å². The first-order valence-electron chi connectivity index (χ1n) is 13.0. The molecule has 0 fully saturated rings. The Kier molecular flexibility index (Phi) is 4.93. The van der Waals surface area contributed by atoms with Gasteiger partial charge in [0, 0.05) is 11.8 Å². The third kappa shape index (κ3) is 2.84. The number of rotatable bonds is 3. The standard InChI is InChI=1S/C35H29NO2/c1-22-18-26-25-14-8-9-15-27(25)35(29(26)19-23(22)2)28-16-10-11-17-31(28)36(24-12-6-5-7-13-24)32-21-34(38-4)33(37-3)20-30(32)35/h5-21H,1-4H3. The van der Waals surface area contributed by atoms with Crippen molar-refractivity contribution in [3.8, 4) is 22.6 Å². The molecule has 0 saturated carbocycles. The number of methoxy groups -OCH3 is 2. The summed E-state index contributed by atoms with van der Waals surface area (Å²) in [4.78, 5) is 2.36. The monoisotopic (exact) mass is 495 g/mol. The molecule has 2 aliphatic rings. The van der Waals surface area contributed by atoms with Crippen molar-refractivity contribution in [2.24, 2.45) is 0 Å². The highest BCUT2D eigenvalue weighted by Gasteiger charge is 2.52. The third-order valence-electron chi connectivity index (χ3n) is 8.37. The number of anilines is 3. The third-order valence-corrected chi connectivity index (χ3v) is 8.37. The van der Waals surface area contributed by atoms with Crippen molar-refractivity contribution in [3.63, 3.8) is 0 Å². The minimum Gasteiger partial charge on any atom is -0.493 e. The van der Waals surface area contributed by atoms with Crippen molar-refractivity contribution < 1.29 is 9.47 Å². The first-order valence-corrected chi connectivity index (χ1v) is 13.0. The Balaban J connectivity index is 1.70. The maximum atomic E-state index is 5.91. The summed E-state index contributed by atoms with van der Waals surface area (Å²) in [5, 5.41) is 0. The molecule has 3 heteroatoms. The first kappa shape index (κ1) is 22.7. The van der Waals surface area contributed by atoms with E-state index in [9.17, 15) is 0 Å². The zero-order valence-electron chi connectivity index (χ0n) is 22.1. The van der Waals surface area contributed by atoms with E-state index in [1.54, 1.807) is 14.2 Å². The largest absolute Gasteiger partial charge is 0.493 e. The van der Waals surface area contributed by atoms with Crippen LogP contribution in [0.3, 0.4) is 0 Å². The summed E-state index contributed by atoms with van der Waals surface area (Å²) in [5.41, 5.74) is 13.1. The van der Waals surface area contributed by atoms with Crippen LogP contribution in [0.5, 0.6) is 11.5 Å². The smallest absolute Gasteiger partial charge is 0.162 e. The molecule has 1 atom stereocenters. The van der Waals surface area contributed by atoms with Crippen molar-refractivity contribution in [2.75, 3.05) is 19.1 Å². The van der Waals surface area contributed by atoms with Crippen LogP contribution in [-0.4, -0.2) is 14.2 Å². The summed E-state index contributed by atoms with van der Waals surface area (Å²) < 4.78 is 11.8. The molecular formula is C35H29NO2. The van der Waals surface area contributed by atoms with Gasteiger partial charge in [-0.2, -0.15) is 0 Å². The predicted molar refractivity (Wildman–Crippen MR) is 155 cm³/mol. The zero-order valence-corrected chi connectivity index (χ0v) is 22.1. The number of hydrogen-bond donors (Lipinski definition) is 0.